The van der Waals surface area contributed by atoms with E-state index in [1.54, 1.807) is 31.3 Å². The zero-order chi connectivity index (χ0) is 15.3. The van der Waals surface area contributed by atoms with E-state index in [4.69, 9.17) is 0 Å². The van der Waals surface area contributed by atoms with Crippen LogP contribution in [0, 0.1) is 0 Å². The van der Waals surface area contributed by atoms with Crippen molar-refractivity contribution in [2.45, 2.75) is 19.6 Å². The summed E-state index contributed by atoms with van der Waals surface area (Å²) in [5, 5.41) is 5.57. The summed E-state index contributed by atoms with van der Waals surface area (Å²) in [4.78, 5) is 11.0. The van der Waals surface area contributed by atoms with Crippen LogP contribution in [0.15, 0.2) is 30.5 Å². The lowest BCUT2D eigenvalue weighted by atomic mass is 10.3. The highest BCUT2D eigenvalue weighted by Gasteiger charge is 2.35. The van der Waals surface area contributed by atoms with Crippen molar-refractivity contribution in [3.8, 4) is 0 Å². The maximum absolute atomic E-state index is 12.8. The Kier molecular flexibility index (Phi) is 4.56. The summed E-state index contributed by atoms with van der Waals surface area (Å²) < 4.78 is 38.3. The predicted octanol–water partition coefficient (Wildman–Crippen LogP) is 2.93. The fourth-order valence-corrected chi connectivity index (χ4v) is 1.62. The third kappa shape index (κ3) is 4.30. The summed E-state index contributed by atoms with van der Waals surface area (Å²) in [6, 6.07) is 6.76. The number of anilines is 2. The molecule has 21 heavy (non-hydrogen) atoms. The largest absolute Gasteiger partial charge is 0.451 e. The zero-order valence-electron chi connectivity index (χ0n) is 11.3. The molecule has 5 nitrogen and oxygen atoms in total. The predicted molar refractivity (Wildman–Crippen MR) is 72.8 cm³/mol. The van der Waals surface area contributed by atoms with Gasteiger partial charge in [0.1, 0.15) is 11.6 Å². The number of hydrogen-bond acceptors (Lipinski definition) is 5. The molecule has 0 unspecified atom stereocenters. The van der Waals surface area contributed by atoms with Crippen LogP contribution in [0.5, 0.6) is 0 Å². The summed E-state index contributed by atoms with van der Waals surface area (Å²) in [7, 11) is 0. The summed E-state index contributed by atoms with van der Waals surface area (Å²) in [5.74, 6) is -0.952. The summed E-state index contributed by atoms with van der Waals surface area (Å²) in [6.45, 7) is 2.52. The van der Waals surface area contributed by atoms with E-state index in [0.29, 0.717) is 12.2 Å². The first-order valence-corrected chi connectivity index (χ1v) is 6.33. The van der Waals surface area contributed by atoms with Crippen molar-refractivity contribution in [1.82, 2.24) is 15.0 Å². The third-order valence-electron chi connectivity index (χ3n) is 2.51. The topological polar surface area (TPSA) is 62.7 Å². The van der Waals surface area contributed by atoms with Gasteiger partial charge in [-0.3, -0.25) is 4.98 Å². The average Bonchev–Trinajstić information content (AvgIpc) is 2.45. The van der Waals surface area contributed by atoms with Crippen molar-refractivity contribution < 1.29 is 13.2 Å². The normalized spacial score (nSPS) is 11.2. The number of alkyl halides is 3. The molecule has 0 aromatic carbocycles. The lowest BCUT2D eigenvalue weighted by Crippen LogP contribution is -2.15. The first-order chi connectivity index (χ1) is 9.99. The van der Waals surface area contributed by atoms with E-state index >= 15 is 0 Å². The van der Waals surface area contributed by atoms with Crippen molar-refractivity contribution in [2.75, 3.05) is 17.2 Å². The van der Waals surface area contributed by atoms with E-state index in [0.717, 1.165) is 0 Å². The van der Waals surface area contributed by atoms with Crippen LogP contribution in [0.2, 0.25) is 0 Å². The molecule has 112 valence electrons. The number of hydrogen-bond donors (Lipinski definition) is 2. The SMILES string of the molecule is CCNc1cc(NCc2ccccn2)nc(C(F)(F)F)n1. The summed E-state index contributed by atoms with van der Waals surface area (Å²) >= 11 is 0. The van der Waals surface area contributed by atoms with Crippen LogP contribution in [0.3, 0.4) is 0 Å². The van der Waals surface area contributed by atoms with Crippen LogP contribution in [-0.2, 0) is 12.7 Å². The molecule has 0 amide bonds. The second-order valence-electron chi connectivity index (χ2n) is 4.16. The molecule has 0 aliphatic carbocycles. The molecule has 0 bridgehead atoms. The monoisotopic (exact) mass is 297 g/mol. The minimum absolute atomic E-state index is 0.0962. The minimum Gasteiger partial charge on any atom is -0.370 e. The van der Waals surface area contributed by atoms with Gasteiger partial charge in [0.2, 0.25) is 5.82 Å². The average molecular weight is 297 g/mol. The number of halogens is 3. The van der Waals surface area contributed by atoms with Gasteiger partial charge in [-0.25, -0.2) is 9.97 Å². The first-order valence-electron chi connectivity index (χ1n) is 6.33. The summed E-state index contributed by atoms with van der Waals surface area (Å²) in [6.07, 6.45) is -2.98. The van der Waals surface area contributed by atoms with E-state index in [2.05, 4.69) is 25.6 Å². The van der Waals surface area contributed by atoms with E-state index in [1.807, 2.05) is 0 Å². The molecule has 2 heterocycles. The number of rotatable bonds is 5. The molecular weight excluding hydrogens is 283 g/mol. The van der Waals surface area contributed by atoms with Crippen LogP contribution >= 0.6 is 0 Å². The third-order valence-corrected chi connectivity index (χ3v) is 2.51. The van der Waals surface area contributed by atoms with Gasteiger partial charge in [0.15, 0.2) is 0 Å². The summed E-state index contributed by atoms with van der Waals surface area (Å²) in [5.41, 5.74) is 0.703. The second kappa shape index (κ2) is 6.38. The highest BCUT2D eigenvalue weighted by Crippen LogP contribution is 2.28. The van der Waals surface area contributed by atoms with Crippen LogP contribution < -0.4 is 10.6 Å². The van der Waals surface area contributed by atoms with Crippen LogP contribution in [-0.4, -0.2) is 21.5 Å². The molecule has 0 fully saturated rings. The van der Waals surface area contributed by atoms with E-state index in [9.17, 15) is 13.2 Å². The second-order valence-corrected chi connectivity index (χ2v) is 4.16. The molecule has 0 atom stereocenters. The molecule has 0 aliphatic heterocycles. The van der Waals surface area contributed by atoms with Gasteiger partial charge in [0.05, 0.1) is 12.2 Å². The number of nitrogens with one attached hydrogen (secondary N) is 2. The maximum Gasteiger partial charge on any atom is 0.451 e. The molecule has 0 radical (unpaired) electrons. The van der Waals surface area contributed by atoms with Crippen LogP contribution in [0.25, 0.3) is 0 Å². The Morgan fingerprint density at radius 2 is 1.81 bits per heavy atom. The minimum atomic E-state index is -4.59. The first kappa shape index (κ1) is 15.0. The quantitative estimate of drug-likeness (QED) is 0.888. The van der Waals surface area contributed by atoms with Gasteiger partial charge in [-0.05, 0) is 19.1 Å². The molecule has 2 N–H and O–H groups in total. The van der Waals surface area contributed by atoms with Crippen molar-refractivity contribution in [1.29, 1.82) is 0 Å². The molecule has 2 aromatic heterocycles. The standard InChI is InChI=1S/C13H14F3N5/c1-2-17-10-7-11(21-12(20-10)13(14,15)16)19-8-9-5-3-4-6-18-9/h3-7H,2,8H2,1H3,(H2,17,19,20,21). The molecule has 8 heteroatoms. The van der Waals surface area contributed by atoms with E-state index < -0.39 is 12.0 Å². The zero-order valence-corrected chi connectivity index (χ0v) is 11.3. The molecule has 2 aromatic rings. The highest BCUT2D eigenvalue weighted by atomic mass is 19.4. The molecule has 0 saturated carbocycles. The fraction of sp³-hybridized carbons (Fsp3) is 0.308. The van der Waals surface area contributed by atoms with Gasteiger partial charge in [0, 0.05) is 18.8 Å². The molecule has 0 aliphatic rings. The molecule has 0 spiro atoms. The van der Waals surface area contributed by atoms with Crippen molar-refractivity contribution in [3.05, 3.63) is 42.0 Å². The van der Waals surface area contributed by atoms with Gasteiger partial charge < -0.3 is 10.6 Å². The van der Waals surface area contributed by atoms with Crippen molar-refractivity contribution >= 4 is 11.6 Å². The van der Waals surface area contributed by atoms with Gasteiger partial charge in [-0.1, -0.05) is 6.07 Å². The number of nitrogens with zero attached hydrogens (tertiary/aromatic N) is 3. The van der Waals surface area contributed by atoms with Crippen molar-refractivity contribution in [3.63, 3.8) is 0 Å². The van der Waals surface area contributed by atoms with Gasteiger partial charge in [0.25, 0.3) is 0 Å². The Morgan fingerprint density at radius 3 is 2.38 bits per heavy atom. The molecule has 0 saturated heterocycles. The fourth-order valence-electron chi connectivity index (χ4n) is 1.62. The van der Waals surface area contributed by atoms with Gasteiger partial charge in [-0.2, -0.15) is 13.2 Å². The van der Waals surface area contributed by atoms with E-state index in [-0.39, 0.29) is 18.2 Å². The lowest BCUT2D eigenvalue weighted by molar-refractivity contribution is -0.144. The Labute approximate surface area is 119 Å². The lowest BCUT2D eigenvalue weighted by Gasteiger charge is -2.12. The molecule has 2 rings (SSSR count). The maximum atomic E-state index is 12.8. The number of pyridine rings is 1. The molecular formula is C13H14F3N5. The Hall–Kier alpha value is -2.38. The van der Waals surface area contributed by atoms with Crippen molar-refractivity contribution in [2.24, 2.45) is 0 Å². The Balaban J connectivity index is 2.19. The van der Waals surface area contributed by atoms with E-state index in [1.165, 1.54) is 6.07 Å². The Morgan fingerprint density at radius 1 is 1.10 bits per heavy atom. The van der Waals surface area contributed by atoms with Crippen LogP contribution in [0.1, 0.15) is 18.4 Å². The van der Waals surface area contributed by atoms with Crippen LogP contribution in [0.4, 0.5) is 24.8 Å². The Bertz CT molecular complexity index is 586. The van der Waals surface area contributed by atoms with Gasteiger partial charge >= 0.3 is 6.18 Å². The van der Waals surface area contributed by atoms with Gasteiger partial charge in [-0.15, -0.1) is 0 Å². The number of aromatic nitrogens is 3. The smallest absolute Gasteiger partial charge is 0.370 e. The highest BCUT2D eigenvalue weighted by molar-refractivity contribution is 5.48.